The highest BCUT2D eigenvalue weighted by Crippen LogP contribution is 2.24. The molecule has 0 spiro atoms. The molecule has 1 heterocycles. The molecule has 1 aromatic rings. The Balaban J connectivity index is 2.12. The first-order chi connectivity index (χ1) is 8.63. The molecule has 0 aliphatic carbocycles. The van der Waals surface area contributed by atoms with Crippen LogP contribution in [0.5, 0.6) is 5.75 Å². The van der Waals surface area contributed by atoms with Crippen molar-refractivity contribution in [2.24, 2.45) is 5.92 Å². The molecule has 18 heavy (non-hydrogen) atoms. The van der Waals surface area contributed by atoms with Crippen molar-refractivity contribution in [2.75, 3.05) is 31.6 Å². The van der Waals surface area contributed by atoms with E-state index in [9.17, 15) is 9.18 Å². The van der Waals surface area contributed by atoms with Crippen molar-refractivity contribution in [3.05, 3.63) is 24.0 Å². The lowest BCUT2D eigenvalue weighted by Crippen LogP contribution is -2.51. The third-order valence-electron chi connectivity index (χ3n) is 3.06. The van der Waals surface area contributed by atoms with Gasteiger partial charge in [-0.3, -0.25) is 4.79 Å². The van der Waals surface area contributed by atoms with E-state index in [0.29, 0.717) is 25.4 Å². The summed E-state index contributed by atoms with van der Waals surface area (Å²) in [4.78, 5) is 13.5. The summed E-state index contributed by atoms with van der Waals surface area (Å²) in [6.45, 7) is 3.61. The highest BCUT2D eigenvalue weighted by Gasteiger charge is 2.28. The summed E-state index contributed by atoms with van der Waals surface area (Å²) in [5, 5.41) is 3.04. The summed E-state index contributed by atoms with van der Waals surface area (Å²) in [6, 6.07) is 4.57. The number of anilines is 1. The van der Waals surface area contributed by atoms with E-state index >= 15 is 0 Å². The van der Waals surface area contributed by atoms with Gasteiger partial charge in [0.05, 0.1) is 12.5 Å². The Bertz CT molecular complexity index is 447. The minimum absolute atomic E-state index is 0.00429. The second-order valence-electron chi connectivity index (χ2n) is 4.30. The second kappa shape index (κ2) is 5.35. The SMILES string of the molecule is CCOc1ccc(N(C)C(=O)C2CNC2)cc1F. The highest BCUT2D eigenvalue weighted by atomic mass is 19.1. The molecule has 1 fully saturated rings. The first-order valence-corrected chi connectivity index (χ1v) is 6.04. The summed E-state index contributed by atoms with van der Waals surface area (Å²) in [5.41, 5.74) is 0.549. The topological polar surface area (TPSA) is 41.6 Å². The third kappa shape index (κ3) is 2.46. The van der Waals surface area contributed by atoms with Gasteiger partial charge in [0.15, 0.2) is 11.6 Å². The number of carbonyl (C=O) groups is 1. The Morgan fingerprint density at radius 2 is 2.28 bits per heavy atom. The minimum Gasteiger partial charge on any atom is -0.491 e. The minimum atomic E-state index is -0.444. The van der Waals surface area contributed by atoms with E-state index in [2.05, 4.69) is 5.32 Å². The Labute approximate surface area is 106 Å². The number of hydrogen-bond donors (Lipinski definition) is 1. The van der Waals surface area contributed by atoms with Gasteiger partial charge in [-0.05, 0) is 19.1 Å². The third-order valence-corrected chi connectivity index (χ3v) is 3.06. The largest absolute Gasteiger partial charge is 0.491 e. The standard InChI is InChI=1S/C13H17FN2O2/c1-3-18-12-5-4-10(6-11(12)14)16(2)13(17)9-7-15-8-9/h4-6,9,15H,3,7-8H2,1-2H3. The molecule has 0 atom stereocenters. The van der Waals surface area contributed by atoms with Crippen molar-refractivity contribution in [3.8, 4) is 5.75 Å². The van der Waals surface area contributed by atoms with Crippen LogP contribution in [0, 0.1) is 11.7 Å². The zero-order valence-corrected chi connectivity index (χ0v) is 10.6. The molecule has 98 valence electrons. The van der Waals surface area contributed by atoms with Gasteiger partial charge in [0.2, 0.25) is 5.91 Å². The maximum atomic E-state index is 13.7. The van der Waals surface area contributed by atoms with Crippen LogP contribution in [0.3, 0.4) is 0 Å². The van der Waals surface area contributed by atoms with Gasteiger partial charge in [0, 0.05) is 31.9 Å². The number of benzene rings is 1. The van der Waals surface area contributed by atoms with Gasteiger partial charge in [-0.2, -0.15) is 0 Å². The molecule has 0 radical (unpaired) electrons. The molecule has 1 N–H and O–H groups in total. The van der Waals surface area contributed by atoms with Gasteiger partial charge < -0.3 is 15.0 Å². The van der Waals surface area contributed by atoms with Crippen LogP contribution in [-0.2, 0) is 4.79 Å². The monoisotopic (exact) mass is 252 g/mol. The Hall–Kier alpha value is -1.62. The second-order valence-corrected chi connectivity index (χ2v) is 4.30. The lowest BCUT2D eigenvalue weighted by atomic mass is 10.0. The maximum Gasteiger partial charge on any atom is 0.232 e. The number of ether oxygens (including phenoxy) is 1. The molecule has 0 aromatic heterocycles. The molecule has 0 bridgehead atoms. The fraction of sp³-hybridized carbons (Fsp3) is 0.462. The van der Waals surface area contributed by atoms with E-state index in [-0.39, 0.29) is 17.6 Å². The van der Waals surface area contributed by atoms with Crippen molar-refractivity contribution < 1.29 is 13.9 Å². The van der Waals surface area contributed by atoms with Crippen molar-refractivity contribution in [2.45, 2.75) is 6.92 Å². The van der Waals surface area contributed by atoms with Crippen LogP contribution in [0.25, 0.3) is 0 Å². The average molecular weight is 252 g/mol. The van der Waals surface area contributed by atoms with Crippen LogP contribution in [-0.4, -0.2) is 32.7 Å². The number of carbonyl (C=O) groups excluding carboxylic acids is 1. The van der Waals surface area contributed by atoms with E-state index in [0.717, 1.165) is 0 Å². The normalized spacial score (nSPS) is 15.1. The van der Waals surface area contributed by atoms with Crippen LogP contribution < -0.4 is 15.0 Å². The Morgan fingerprint density at radius 1 is 1.56 bits per heavy atom. The van der Waals surface area contributed by atoms with Gasteiger partial charge >= 0.3 is 0 Å². The smallest absolute Gasteiger partial charge is 0.232 e. The van der Waals surface area contributed by atoms with Crippen LogP contribution >= 0.6 is 0 Å². The molecule has 0 unspecified atom stereocenters. The van der Waals surface area contributed by atoms with E-state index < -0.39 is 5.82 Å². The van der Waals surface area contributed by atoms with Crippen molar-refractivity contribution in [1.29, 1.82) is 0 Å². The molecule has 1 aliphatic heterocycles. The number of rotatable bonds is 4. The van der Waals surface area contributed by atoms with Gasteiger partial charge in [0.1, 0.15) is 0 Å². The Kier molecular flexibility index (Phi) is 3.81. The first-order valence-electron chi connectivity index (χ1n) is 6.04. The average Bonchev–Trinajstić information content (AvgIpc) is 2.28. The van der Waals surface area contributed by atoms with Crippen LogP contribution in [0.1, 0.15) is 6.92 Å². The number of amides is 1. The first kappa shape index (κ1) is 12.8. The molecule has 5 heteroatoms. The molecular weight excluding hydrogens is 235 g/mol. The van der Waals surface area contributed by atoms with E-state index in [1.165, 1.54) is 11.0 Å². The van der Waals surface area contributed by atoms with E-state index in [1.807, 2.05) is 0 Å². The maximum absolute atomic E-state index is 13.7. The summed E-state index contributed by atoms with van der Waals surface area (Å²) < 4.78 is 18.8. The molecule has 1 aliphatic rings. The highest BCUT2D eigenvalue weighted by molar-refractivity contribution is 5.95. The predicted octanol–water partition coefficient (Wildman–Crippen LogP) is 1.41. The number of nitrogens with one attached hydrogen (secondary N) is 1. The lowest BCUT2D eigenvalue weighted by Gasteiger charge is -2.30. The molecule has 1 saturated heterocycles. The van der Waals surface area contributed by atoms with Crippen LogP contribution in [0.15, 0.2) is 18.2 Å². The number of halogens is 1. The lowest BCUT2D eigenvalue weighted by molar-refractivity contribution is -0.123. The van der Waals surface area contributed by atoms with Gasteiger partial charge in [-0.25, -0.2) is 4.39 Å². The van der Waals surface area contributed by atoms with Gasteiger partial charge in [0.25, 0.3) is 0 Å². The fourth-order valence-electron chi connectivity index (χ4n) is 1.84. The summed E-state index contributed by atoms with van der Waals surface area (Å²) in [5.74, 6) is -0.213. The Morgan fingerprint density at radius 3 is 2.78 bits per heavy atom. The van der Waals surface area contributed by atoms with E-state index in [1.54, 1.807) is 26.1 Å². The zero-order valence-electron chi connectivity index (χ0n) is 10.6. The fourth-order valence-corrected chi connectivity index (χ4v) is 1.84. The molecule has 4 nitrogen and oxygen atoms in total. The summed E-state index contributed by atoms with van der Waals surface area (Å²) >= 11 is 0. The van der Waals surface area contributed by atoms with Crippen molar-refractivity contribution in [1.82, 2.24) is 5.32 Å². The van der Waals surface area contributed by atoms with Gasteiger partial charge in [-0.1, -0.05) is 0 Å². The van der Waals surface area contributed by atoms with Gasteiger partial charge in [-0.15, -0.1) is 0 Å². The van der Waals surface area contributed by atoms with Crippen molar-refractivity contribution in [3.63, 3.8) is 0 Å². The van der Waals surface area contributed by atoms with E-state index in [4.69, 9.17) is 4.74 Å². The van der Waals surface area contributed by atoms with Crippen molar-refractivity contribution >= 4 is 11.6 Å². The predicted molar refractivity (Wildman–Crippen MR) is 67.3 cm³/mol. The molecule has 1 aromatic carbocycles. The molecule has 1 amide bonds. The summed E-state index contributed by atoms with van der Waals surface area (Å²) in [7, 11) is 1.66. The molecule has 0 saturated carbocycles. The van der Waals surface area contributed by atoms with Crippen LogP contribution in [0.2, 0.25) is 0 Å². The quantitative estimate of drug-likeness (QED) is 0.881. The number of hydrogen-bond acceptors (Lipinski definition) is 3. The van der Waals surface area contributed by atoms with Crippen LogP contribution in [0.4, 0.5) is 10.1 Å². The summed E-state index contributed by atoms with van der Waals surface area (Å²) in [6.07, 6.45) is 0. The zero-order chi connectivity index (χ0) is 13.1. The molecule has 2 rings (SSSR count). The molecular formula is C13H17FN2O2. The number of nitrogens with zero attached hydrogens (tertiary/aromatic N) is 1.